The van der Waals surface area contributed by atoms with Crippen molar-refractivity contribution in [1.82, 2.24) is 4.57 Å². The third kappa shape index (κ3) is 4.20. The van der Waals surface area contributed by atoms with Gasteiger partial charge in [0, 0.05) is 18.1 Å². The fourth-order valence-electron chi connectivity index (χ4n) is 2.62. The second kappa shape index (κ2) is 7.62. The SMILES string of the molecule is COC(=O)CCc1csc(=NC2CCCCCC2)n1C. The van der Waals surface area contributed by atoms with Crippen molar-refractivity contribution in [1.29, 1.82) is 0 Å². The largest absolute Gasteiger partial charge is 0.469 e. The summed E-state index contributed by atoms with van der Waals surface area (Å²) in [4.78, 5) is 17.2. The molecule has 112 valence electrons. The highest BCUT2D eigenvalue weighted by Crippen LogP contribution is 2.19. The van der Waals surface area contributed by atoms with Crippen molar-refractivity contribution in [3.05, 3.63) is 15.9 Å². The number of esters is 1. The zero-order chi connectivity index (χ0) is 14.4. The average molecular weight is 296 g/mol. The van der Waals surface area contributed by atoms with E-state index >= 15 is 0 Å². The van der Waals surface area contributed by atoms with Crippen LogP contribution in [-0.2, 0) is 23.0 Å². The third-order valence-corrected chi connectivity index (χ3v) is 4.93. The fourth-order valence-corrected chi connectivity index (χ4v) is 3.62. The Bertz CT molecular complexity index is 496. The molecule has 5 heteroatoms. The van der Waals surface area contributed by atoms with E-state index in [4.69, 9.17) is 4.99 Å². The van der Waals surface area contributed by atoms with Crippen molar-refractivity contribution in [2.75, 3.05) is 7.11 Å². The summed E-state index contributed by atoms with van der Waals surface area (Å²) in [5.74, 6) is -0.154. The van der Waals surface area contributed by atoms with Crippen LogP contribution in [0.5, 0.6) is 0 Å². The van der Waals surface area contributed by atoms with E-state index in [-0.39, 0.29) is 5.97 Å². The van der Waals surface area contributed by atoms with Crippen molar-refractivity contribution < 1.29 is 9.53 Å². The Morgan fingerprint density at radius 3 is 2.75 bits per heavy atom. The Balaban J connectivity index is 2.05. The summed E-state index contributed by atoms with van der Waals surface area (Å²) in [6.07, 6.45) is 8.91. The lowest BCUT2D eigenvalue weighted by atomic mass is 10.1. The molecule has 1 aliphatic rings. The van der Waals surface area contributed by atoms with Gasteiger partial charge in [0.1, 0.15) is 0 Å². The third-order valence-electron chi connectivity index (χ3n) is 3.95. The van der Waals surface area contributed by atoms with Crippen molar-refractivity contribution in [3.63, 3.8) is 0 Å². The molecule has 0 bridgehead atoms. The number of hydrogen-bond acceptors (Lipinski definition) is 4. The van der Waals surface area contributed by atoms with Crippen LogP contribution in [0.3, 0.4) is 0 Å². The number of methoxy groups -OCH3 is 1. The lowest BCUT2D eigenvalue weighted by Crippen LogP contribution is -2.18. The van der Waals surface area contributed by atoms with Gasteiger partial charge < -0.3 is 9.30 Å². The molecule has 0 saturated heterocycles. The van der Waals surface area contributed by atoms with Gasteiger partial charge in [-0.2, -0.15) is 0 Å². The standard InChI is InChI=1S/C15H24N2O2S/c1-17-13(9-10-14(18)19-2)11-20-15(17)16-12-7-5-3-4-6-8-12/h11-12H,3-10H2,1-2H3. The number of hydrogen-bond donors (Lipinski definition) is 0. The summed E-state index contributed by atoms with van der Waals surface area (Å²) in [7, 11) is 3.47. The molecule has 1 aliphatic carbocycles. The molecule has 1 aromatic heterocycles. The molecule has 0 spiro atoms. The number of aromatic nitrogens is 1. The van der Waals surface area contributed by atoms with E-state index in [1.165, 1.54) is 45.6 Å². The van der Waals surface area contributed by atoms with Gasteiger partial charge >= 0.3 is 5.97 Å². The average Bonchev–Trinajstić information content (AvgIpc) is 2.67. The highest BCUT2D eigenvalue weighted by Gasteiger charge is 2.12. The highest BCUT2D eigenvalue weighted by molar-refractivity contribution is 7.07. The Labute approximate surface area is 124 Å². The minimum atomic E-state index is -0.154. The van der Waals surface area contributed by atoms with E-state index in [9.17, 15) is 4.79 Å². The summed E-state index contributed by atoms with van der Waals surface area (Å²) < 4.78 is 6.81. The maximum Gasteiger partial charge on any atom is 0.305 e. The zero-order valence-electron chi connectivity index (χ0n) is 12.4. The van der Waals surface area contributed by atoms with Crippen LogP contribution >= 0.6 is 11.3 Å². The molecule has 0 atom stereocenters. The van der Waals surface area contributed by atoms with Crippen molar-refractivity contribution >= 4 is 17.3 Å². The first-order valence-electron chi connectivity index (χ1n) is 7.44. The van der Waals surface area contributed by atoms with Crippen LogP contribution in [0.15, 0.2) is 10.4 Å². The van der Waals surface area contributed by atoms with Gasteiger partial charge in [0.2, 0.25) is 0 Å². The van der Waals surface area contributed by atoms with E-state index in [0.29, 0.717) is 12.5 Å². The van der Waals surface area contributed by atoms with Crippen LogP contribution in [0.25, 0.3) is 0 Å². The summed E-state index contributed by atoms with van der Waals surface area (Å²) >= 11 is 1.68. The van der Waals surface area contributed by atoms with Gasteiger partial charge in [0.25, 0.3) is 0 Å². The van der Waals surface area contributed by atoms with E-state index in [1.807, 2.05) is 7.05 Å². The highest BCUT2D eigenvalue weighted by atomic mass is 32.1. The minimum absolute atomic E-state index is 0.154. The molecule has 0 aromatic carbocycles. The van der Waals surface area contributed by atoms with Crippen LogP contribution in [0.2, 0.25) is 0 Å². The van der Waals surface area contributed by atoms with Crippen LogP contribution in [0.1, 0.15) is 50.6 Å². The van der Waals surface area contributed by atoms with Gasteiger partial charge in [0.15, 0.2) is 4.80 Å². The predicted molar refractivity (Wildman–Crippen MR) is 80.7 cm³/mol. The molecular formula is C15H24N2O2S. The van der Waals surface area contributed by atoms with E-state index < -0.39 is 0 Å². The Hall–Kier alpha value is -1.10. The van der Waals surface area contributed by atoms with Crippen LogP contribution in [0, 0.1) is 0 Å². The van der Waals surface area contributed by atoms with E-state index in [0.717, 1.165) is 16.9 Å². The maximum absolute atomic E-state index is 11.2. The second-order valence-electron chi connectivity index (χ2n) is 5.42. The fraction of sp³-hybridized carbons (Fsp3) is 0.733. The minimum Gasteiger partial charge on any atom is -0.469 e. The van der Waals surface area contributed by atoms with Gasteiger partial charge in [-0.15, -0.1) is 11.3 Å². The van der Waals surface area contributed by atoms with Crippen LogP contribution < -0.4 is 4.80 Å². The first-order chi connectivity index (χ1) is 9.70. The molecule has 1 aromatic rings. The molecule has 0 amide bonds. The molecule has 0 aliphatic heterocycles. The normalized spacial score (nSPS) is 18.0. The number of ether oxygens (including phenoxy) is 1. The van der Waals surface area contributed by atoms with Crippen LogP contribution in [0.4, 0.5) is 0 Å². The summed E-state index contributed by atoms with van der Waals surface area (Å²) in [5, 5.41) is 2.11. The summed E-state index contributed by atoms with van der Waals surface area (Å²) in [6, 6.07) is 0.482. The van der Waals surface area contributed by atoms with Gasteiger partial charge in [-0.05, 0) is 19.3 Å². The van der Waals surface area contributed by atoms with Gasteiger partial charge in [-0.3, -0.25) is 9.79 Å². The molecule has 20 heavy (non-hydrogen) atoms. The van der Waals surface area contributed by atoms with Crippen molar-refractivity contribution in [2.45, 2.75) is 57.4 Å². The van der Waals surface area contributed by atoms with Crippen molar-refractivity contribution in [2.24, 2.45) is 12.0 Å². The number of carbonyl (C=O) groups excluding carboxylic acids is 1. The molecule has 1 saturated carbocycles. The lowest BCUT2D eigenvalue weighted by molar-refractivity contribution is -0.140. The predicted octanol–water partition coefficient (Wildman–Crippen LogP) is 2.82. The first kappa shape index (κ1) is 15.3. The monoisotopic (exact) mass is 296 g/mol. The molecule has 1 fully saturated rings. The number of aryl methyl sites for hydroxylation is 1. The molecule has 0 N–H and O–H groups in total. The summed E-state index contributed by atoms with van der Waals surface area (Å²) in [6.45, 7) is 0. The Morgan fingerprint density at radius 2 is 2.10 bits per heavy atom. The van der Waals surface area contributed by atoms with E-state index in [2.05, 4.69) is 14.7 Å². The summed E-state index contributed by atoms with van der Waals surface area (Å²) in [5.41, 5.74) is 1.16. The maximum atomic E-state index is 11.2. The van der Waals surface area contributed by atoms with Gasteiger partial charge in [-0.25, -0.2) is 0 Å². The number of nitrogens with zero attached hydrogens (tertiary/aromatic N) is 2. The topological polar surface area (TPSA) is 43.6 Å². The molecular weight excluding hydrogens is 272 g/mol. The molecule has 0 unspecified atom stereocenters. The van der Waals surface area contributed by atoms with Gasteiger partial charge in [0.05, 0.1) is 19.6 Å². The lowest BCUT2D eigenvalue weighted by Gasteiger charge is -2.07. The van der Waals surface area contributed by atoms with Crippen LogP contribution in [-0.4, -0.2) is 23.7 Å². The Kier molecular flexibility index (Phi) is 5.83. The first-order valence-corrected chi connectivity index (χ1v) is 8.32. The molecule has 4 nitrogen and oxygen atoms in total. The molecule has 0 radical (unpaired) electrons. The quantitative estimate of drug-likeness (QED) is 0.633. The van der Waals surface area contributed by atoms with E-state index in [1.54, 1.807) is 11.3 Å². The van der Waals surface area contributed by atoms with Crippen molar-refractivity contribution in [3.8, 4) is 0 Å². The molecule has 2 rings (SSSR count). The number of carbonyl (C=O) groups is 1. The zero-order valence-corrected chi connectivity index (χ0v) is 13.2. The molecule has 1 heterocycles. The number of thiazole rings is 1. The Morgan fingerprint density at radius 1 is 1.40 bits per heavy atom. The van der Waals surface area contributed by atoms with Gasteiger partial charge in [-0.1, -0.05) is 25.7 Å². The number of rotatable bonds is 4. The smallest absolute Gasteiger partial charge is 0.305 e. The second-order valence-corrected chi connectivity index (χ2v) is 6.26.